The van der Waals surface area contributed by atoms with Crippen LogP contribution in [0, 0.1) is 0 Å². The Morgan fingerprint density at radius 2 is 1.64 bits per heavy atom. The first-order valence-corrected chi connectivity index (χ1v) is 10.8. The first-order valence-electron chi connectivity index (χ1n) is 10.8. The van der Waals surface area contributed by atoms with E-state index in [-0.39, 0.29) is 6.79 Å². The second kappa shape index (κ2) is 8.25. The lowest BCUT2D eigenvalue weighted by atomic mass is 9.81. The minimum absolute atomic E-state index is 0.107. The standard InChI is InChI=1S/C25H20F3N3O5/c1-31-21(32)23(17-7-3-2-4-8-17,30-25(31,29)36-22(33)24(26,27)28)18-9-5-6-15(12-18)16-10-11-19-20(13-16)35-14-34-19/h2-13,30H,14,29H2,1H3. The number of rotatable bonds is 4. The monoisotopic (exact) mass is 499 g/mol. The summed E-state index contributed by atoms with van der Waals surface area (Å²) in [6.07, 6.45) is -5.31. The zero-order valence-electron chi connectivity index (χ0n) is 18.8. The van der Waals surface area contributed by atoms with Crippen molar-refractivity contribution in [2.45, 2.75) is 17.7 Å². The van der Waals surface area contributed by atoms with Gasteiger partial charge in [0.25, 0.3) is 5.91 Å². The van der Waals surface area contributed by atoms with Gasteiger partial charge >= 0.3 is 18.1 Å². The number of fused-ring (bicyclic) bond motifs is 1. The number of esters is 1. The maximum atomic E-state index is 13.8. The van der Waals surface area contributed by atoms with Gasteiger partial charge < -0.3 is 14.2 Å². The fourth-order valence-corrected chi connectivity index (χ4v) is 4.36. The maximum absolute atomic E-state index is 13.8. The van der Waals surface area contributed by atoms with E-state index >= 15 is 0 Å². The zero-order chi connectivity index (χ0) is 25.7. The lowest BCUT2D eigenvalue weighted by molar-refractivity contribution is -0.228. The molecule has 0 aliphatic carbocycles. The van der Waals surface area contributed by atoms with Gasteiger partial charge in [0.15, 0.2) is 17.0 Å². The summed E-state index contributed by atoms with van der Waals surface area (Å²) in [6.45, 7) is 0.107. The predicted molar refractivity (Wildman–Crippen MR) is 120 cm³/mol. The van der Waals surface area contributed by atoms with Crippen LogP contribution in [-0.4, -0.2) is 42.8 Å². The minimum atomic E-state index is -5.31. The normalized spacial score (nSPS) is 23.1. The van der Waals surface area contributed by atoms with Crippen molar-refractivity contribution in [3.05, 3.63) is 83.9 Å². The SMILES string of the molecule is CN1C(=O)C(c2ccccc2)(c2cccc(-c3ccc4c(c3)OCO4)c2)NC1(N)OC(=O)C(F)(F)F. The molecule has 36 heavy (non-hydrogen) atoms. The molecule has 11 heteroatoms. The van der Waals surface area contributed by atoms with Gasteiger partial charge in [-0.25, -0.2) is 10.1 Å². The van der Waals surface area contributed by atoms with Crippen LogP contribution in [0.4, 0.5) is 13.2 Å². The molecule has 1 fully saturated rings. The second-order valence-corrected chi connectivity index (χ2v) is 8.34. The van der Waals surface area contributed by atoms with Crippen LogP contribution in [0.15, 0.2) is 72.8 Å². The third-order valence-corrected chi connectivity index (χ3v) is 6.18. The van der Waals surface area contributed by atoms with Gasteiger partial charge in [-0.2, -0.15) is 13.2 Å². The Morgan fingerprint density at radius 1 is 0.972 bits per heavy atom. The fraction of sp³-hybridized carbons (Fsp3) is 0.200. The quantitative estimate of drug-likeness (QED) is 0.420. The Bertz CT molecular complexity index is 1350. The number of ether oxygens (including phenoxy) is 3. The highest BCUT2D eigenvalue weighted by Crippen LogP contribution is 2.42. The summed E-state index contributed by atoms with van der Waals surface area (Å²) in [5, 5.41) is 2.70. The lowest BCUT2D eigenvalue weighted by Crippen LogP contribution is -2.64. The molecule has 5 rings (SSSR count). The fourth-order valence-electron chi connectivity index (χ4n) is 4.36. The third-order valence-electron chi connectivity index (χ3n) is 6.18. The highest BCUT2D eigenvalue weighted by atomic mass is 19.4. The number of nitrogens with one attached hydrogen (secondary N) is 1. The van der Waals surface area contributed by atoms with Crippen LogP contribution in [0.1, 0.15) is 11.1 Å². The summed E-state index contributed by atoms with van der Waals surface area (Å²) >= 11 is 0. The number of likely N-dealkylation sites (N-methyl/N-ethyl adjacent to an activating group) is 1. The molecule has 1 saturated heterocycles. The molecule has 8 nitrogen and oxygen atoms in total. The molecular weight excluding hydrogens is 479 g/mol. The van der Waals surface area contributed by atoms with Gasteiger partial charge in [-0.3, -0.25) is 15.4 Å². The molecule has 3 N–H and O–H groups in total. The van der Waals surface area contributed by atoms with Crippen LogP contribution in [0.2, 0.25) is 0 Å². The number of benzene rings is 3. The Hall–Kier alpha value is -4.09. The number of amides is 1. The van der Waals surface area contributed by atoms with E-state index in [0.29, 0.717) is 28.2 Å². The van der Waals surface area contributed by atoms with E-state index in [4.69, 9.17) is 15.2 Å². The number of nitrogens with two attached hydrogens (primary N) is 1. The van der Waals surface area contributed by atoms with Gasteiger partial charge in [-0.05, 0) is 40.5 Å². The molecule has 2 aliphatic rings. The van der Waals surface area contributed by atoms with Gasteiger partial charge in [-0.15, -0.1) is 0 Å². The van der Waals surface area contributed by atoms with Gasteiger partial charge in [-0.1, -0.05) is 54.6 Å². The Morgan fingerprint density at radius 3 is 2.36 bits per heavy atom. The van der Waals surface area contributed by atoms with Crippen LogP contribution in [0.3, 0.4) is 0 Å². The number of nitrogens with zero attached hydrogens (tertiary/aromatic N) is 1. The van der Waals surface area contributed by atoms with Crippen molar-refractivity contribution < 1.29 is 37.0 Å². The topological polar surface area (TPSA) is 103 Å². The molecule has 186 valence electrons. The van der Waals surface area contributed by atoms with E-state index in [1.165, 1.54) is 0 Å². The molecular formula is C25H20F3N3O5. The van der Waals surface area contributed by atoms with E-state index in [2.05, 4.69) is 10.1 Å². The lowest BCUT2D eigenvalue weighted by Gasteiger charge is -2.32. The van der Waals surface area contributed by atoms with Crippen molar-refractivity contribution in [1.29, 1.82) is 0 Å². The smallest absolute Gasteiger partial charge is 0.454 e. The van der Waals surface area contributed by atoms with Crippen molar-refractivity contribution in [3.63, 3.8) is 0 Å². The number of hydrogen-bond donors (Lipinski definition) is 2. The Labute approximate surface area is 203 Å². The first kappa shape index (κ1) is 23.6. The second-order valence-electron chi connectivity index (χ2n) is 8.34. The molecule has 0 spiro atoms. The predicted octanol–water partition coefficient (Wildman–Crippen LogP) is 3.06. The van der Waals surface area contributed by atoms with Crippen LogP contribution in [-0.2, 0) is 19.9 Å². The molecule has 3 aromatic carbocycles. The van der Waals surface area contributed by atoms with Crippen LogP contribution in [0.5, 0.6) is 11.5 Å². The number of alkyl halides is 3. The van der Waals surface area contributed by atoms with Gasteiger partial charge in [0.1, 0.15) is 0 Å². The summed E-state index contributed by atoms with van der Waals surface area (Å²) in [7, 11) is 1.16. The Kier molecular flexibility index (Phi) is 5.42. The molecule has 0 radical (unpaired) electrons. The highest BCUT2D eigenvalue weighted by molar-refractivity contribution is 5.95. The molecule has 3 aromatic rings. The summed E-state index contributed by atoms with van der Waals surface area (Å²) in [5.74, 6) is -4.66. The molecule has 2 unspecified atom stereocenters. The summed E-state index contributed by atoms with van der Waals surface area (Å²) in [5.41, 5.74) is 6.52. The van der Waals surface area contributed by atoms with Crippen LogP contribution < -0.4 is 20.5 Å². The zero-order valence-corrected chi connectivity index (χ0v) is 18.8. The first-order chi connectivity index (χ1) is 17.0. The summed E-state index contributed by atoms with van der Waals surface area (Å²) in [4.78, 5) is 26.2. The largest absolute Gasteiger partial charge is 0.491 e. The van der Waals surface area contributed by atoms with Crippen molar-refractivity contribution in [2.75, 3.05) is 13.8 Å². The minimum Gasteiger partial charge on any atom is -0.454 e. The van der Waals surface area contributed by atoms with E-state index in [1.54, 1.807) is 60.7 Å². The number of halogens is 3. The van der Waals surface area contributed by atoms with Gasteiger partial charge in [0.05, 0.1) is 0 Å². The van der Waals surface area contributed by atoms with Crippen molar-refractivity contribution in [3.8, 4) is 22.6 Å². The van der Waals surface area contributed by atoms with E-state index < -0.39 is 29.6 Å². The molecule has 1 amide bonds. The van der Waals surface area contributed by atoms with E-state index in [0.717, 1.165) is 17.5 Å². The molecule has 0 bridgehead atoms. The van der Waals surface area contributed by atoms with Gasteiger partial charge in [0.2, 0.25) is 6.79 Å². The van der Waals surface area contributed by atoms with Crippen LogP contribution in [0.25, 0.3) is 11.1 Å². The van der Waals surface area contributed by atoms with E-state index in [9.17, 15) is 22.8 Å². The van der Waals surface area contributed by atoms with Crippen molar-refractivity contribution >= 4 is 11.9 Å². The third kappa shape index (κ3) is 3.73. The molecule has 2 atom stereocenters. The average molecular weight is 499 g/mol. The maximum Gasteiger partial charge on any atom is 0.491 e. The van der Waals surface area contributed by atoms with Crippen molar-refractivity contribution in [2.24, 2.45) is 5.73 Å². The Balaban J connectivity index is 1.63. The number of hydrogen-bond acceptors (Lipinski definition) is 7. The summed E-state index contributed by atoms with van der Waals surface area (Å²) in [6, 6.07) is 20.5. The van der Waals surface area contributed by atoms with Crippen LogP contribution >= 0.6 is 0 Å². The summed E-state index contributed by atoms with van der Waals surface area (Å²) < 4.78 is 54.4. The average Bonchev–Trinajstić information content (AvgIpc) is 3.41. The number of carbonyl (C=O) groups is 2. The van der Waals surface area contributed by atoms with E-state index in [1.807, 2.05) is 12.1 Å². The van der Waals surface area contributed by atoms with Gasteiger partial charge in [0, 0.05) is 7.05 Å². The molecule has 2 heterocycles. The molecule has 0 saturated carbocycles. The number of carbonyl (C=O) groups excluding carboxylic acids is 2. The molecule has 2 aliphatic heterocycles. The molecule has 0 aromatic heterocycles. The highest BCUT2D eigenvalue weighted by Gasteiger charge is 2.62. The van der Waals surface area contributed by atoms with Crippen molar-refractivity contribution in [1.82, 2.24) is 10.2 Å².